The van der Waals surface area contributed by atoms with E-state index in [1.165, 1.54) is 321 Å². The zero-order valence-electron chi connectivity index (χ0n) is 61.7. The molecule has 7 unspecified atom stereocenters. The van der Waals surface area contributed by atoms with Gasteiger partial charge in [-0.25, -0.2) is 0 Å². The van der Waals surface area contributed by atoms with Crippen LogP contribution >= 0.6 is 0 Å². The summed E-state index contributed by atoms with van der Waals surface area (Å²) in [6.45, 7) is 4.38. The highest BCUT2D eigenvalue weighted by molar-refractivity contribution is 5.76. The van der Waals surface area contributed by atoms with Gasteiger partial charge in [0, 0.05) is 12.8 Å². The van der Waals surface area contributed by atoms with Crippen LogP contribution in [0.25, 0.3) is 0 Å². The molecule has 1 fully saturated rings. The van der Waals surface area contributed by atoms with Crippen LogP contribution in [-0.2, 0) is 23.8 Å². The number of unbranched alkanes of at least 4 members (excludes halogenated alkanes) is 53. The molecule has 0 bridgehead atoms. The van der Waals surface area contributed by atoms with Crippen molar-refractivity contribution in [3.8, 4) is 0 Å². The van der Waals surface area contributed by atoms with E-state index in [9.17, 15) is 35.1 Å². The maximum atomic E-state index is 13.1. The van der Waals surface area contributed by atoms with E-state index in [-0.39, 0.29) is 18.5 Å². The van der Waals surface area contributed by atoms with Crippen molar-refractivity contribution in [2.24, 2.45) is 0 Å². The summed E-state index contributed by atoms with van der Waals surface area (Å²) in [4.78, 5) is 25.2. The normalized spacial score (nSPS) is 17.6. The lowest BCUT2D eigenvalue weighted by molar-refractivity contribution is -0.302. The summed E-state index contributed by atoms with van der Waals surface area (Å²) in [6, 6.07) is -0.826. The van der Waals surface area contributed by atoms with Crippen LogP contribution in [0.4, 0.5) is 0 Å². The number of nitrogens with one attached hydrogen (secondary N) is 1. The number of hydrogen-bond acceptors (Lipinski definition) is 10. The maximum absolute atomic E-state index is 13.1. The molecule has 1 saturated heterocycles. The number of hydrogen-bond donors (Lipinski definition) is 6. The molecule has 0 radical (unpaired) electrons. The average Bonchev–Trinajstić information content (AvgIpc) is 0.831. The molecule has 94 heavy (non-hydrogen) atoms. The van der Waals surface area contributed by atoms with Gasteiger partial charge in [-0.05, 0) is 77.0 Å². The van der Waals surface area contributed by atoms with E-state index in [1.807, 2.05) is 6.08 Å². The third-order valence-corrected chi connectivity index (χ3v) is 19.4. The van der Waals surface area contributed by atoms with Crippen LogP contribution in [0.15, 0.2) is 48.6 Å². The van der Waals surface area contributed by atoms with E-state index in [1.54, 1.807) is 6.08 Å². The monoisotopic (exact) mass is 1330 g/mol. The number of ether oxygens (including phenoxy) is 3. The van der Waals surface area contributed by atoms with Gasteiger partial charge in [0.15, 0.2) is 6.29 Å². The molecular weight excluding hydrogens is 1170 g/mol. The Morgan fingerprint density at radius 3 is 1.12 bits per heavy atom. The van der Waals surface area contributed by atoms with E-state index in [2.05, 4.69) is 55.6 Å². The number of rotatable bonds is 73. The number of carbonyl (C=O) groups is 2. The average molecular weight is 1330 g/mol. The first-order valence-electron chi connectivity index (χ1n) is 40.9. The zero-order valence-corrected chi connectivity index (χ0v) is 61.7. The Balaban J connectivity index is 1.93. The van der Waals surface area contributed by atoms with Crippen LogP contribution < -0.4 is 5.32 Å². The molecule has 0 aromatic heterocycles. The van der Waals surface area contributed by atoms with Gasteiger partial charge in [0.05, 0.1) is 32.0 Å². The van der Waals surface area contributed by atoms with Gasteiger partial charge in [-0.2, -0.15) is 0 Å². The molecule has 0 spiro atoms. The number of aliphatic hydroxyl groups is 5. The van der Waals surface area contributed by atoms with Crippen LogP contribution in [-0.4, -0.2) is 100 Å². The summed E-state index contributed by atoms with van der Waals surface area (Å²) in [5.74, 6) is -0.171. The summed E-state index contributed by atoms with van der Waals surface area (Å²) in [7, 11) is 0. The van der Waals surface area contributed by atoms with E-state index in [4.69, 9.17) is 14.2 Å². The summed E-state index contributed by atoms with van der Waals surface area (Å²) < 4.78 is 16.8. The van der Waals surface area contributed by atoms with Crippen LogP contribution in [0, 0.1) is 0 Å². The standard InChI is InChI=1S/C83H155NO10/c1-3-5-7-9-11-13-15-17-43-46-49-53-57-61-65-69-76(86)75(74-93-83-82(91)81(90)80(89)77(73-85)94-83)84-78(87)70-66-62-58-54-50-47-44-41-39-37-35-33-31-29-27-25-23-21-19-18-20-22-24-26-28-30-32-34-36-38-40-42-45-48-52-56-60-64-68-72-92-79(88)71-67-63-59-55-51-16-14-12-10-8-6-4-2/h18-19,22,24,49,53,65,69,75-77,80-83,85-86,89-91H,3-17,20-21,23,25-48,50-52,54-64,66-68,70-74H2,1-2H3,(H,84,87)/b19-18-,24-22-,53-49+,69-65+. The molecule has 11 nitrogen and oxygen atoms in total. The third kappa shape index (κ3) is 59.7. The first-order chi connectivity index (χ1) is 46.2. The topological polar surface area (TPSA) is 175 Å². The van der Waals surface area contributed by atoms with Gasteiger partial charge in [0.1, 0.15) is 24.4 Å². The predicted octanol–water partition coefficient (Wildman–Crippen LogP) is 22.3. The summed E-state index contributed by atoms with van der Waals surface area (Å²) in [6.07, 6.45) is 85.8. The molecule has 0 saturated carbocycles. The Morgan fingerprint density at radius 1 is 0.394 bits per heavy atom. The lowest BCUT2D eigenvalue weighted by Gasteiger charge is -2.40. The zero-order chi connectivity index (χ0) is 67.9. The van der Waals surface area contributed by atoms with Crippen molar-refractivity contribution in [1.82, 2.24) is 5.32 Å². The van der Waals surface area contributed by atoms with E-state index in [0.717, 1.165) is 57.8 Å². The van der Waals surface area contributed by atoms with Crippen molar-refractivity contribution in [3.05, 3.63) is 48.6 Å². The number of amides is 1. The third-order valence-electron chi connectivity index (χ3n) is 19.4. The molecule has 0 aromatic carbocycles. The van der Waals surface area contributed by atoms with Crippen molar-refractivity contribution >= 4 is 11.9 Å². The Kier molecular flexibility index (Phi) is 68.5. The van der Waals surface area contributed by atoms with Crippen LogP contribution in [0.2, 0.25) is 0 Å². The fraction of sp³-hybridized carbons (Fsp3) is 0.880. The molecule has 11 heteroatoms. The van der Waals surface area contributed by atoms with Crippen molar-refractivity contribution < 1.29 is 49.3 Å². The first-order valence-corrected chi connectivity index (χ1v) is 40.9. The van der Waals surface area contributed by atoms with Gasteiger partial charge in [0.25, 0.3) is 0 Å². The predicted molar refractivity (Wildman–Crippen MR) is 398 cm³/mol. The molecule has 1 aliphatic rings. The molecule has 1 aliphatic heterocycles. The Labute approximate surface area is 580 Å². The lowest BCUT2D eigenvalue weighted by Crippen LogP contribution is -2.60. The number of aliphatic hydroxyl groups excluding tert-OH is 5. The highest BCUT2D eigenvalue weighted by atomic mass is 16.7. The van der Waals surface area contributed by atoms with Gasteiger partial charge in [-0.15, -0.1) is 0 Å². The van der Waals surface area contributed by atoms with E-state index < -0.39 is 49.5 Å². The number of esters is 1. The molecule has 1 heterocycles. The van der Waals surface area contributed by atoms with Crippen molar-refractivity contribution in [2.45, 2.75) is 448 Å². The van der Waals surface area contributed by atoms with Gasteiger partial charge >= 0.3 is 5.97 Å². The van der Waals surface area contributed by atoms with Crippen LogP contribution in [0.5, 0.6) is 0 Å². The van der Waals surface area contributed by atoms with Crippen LogP contribution in [0.1, 0.15) is 406 Å². The minimum Gasteiger partial charge on any atom is -0.466 e. The fourth-order valence-electron chi connectivity index (χ4n) is 13.0. The minimum absolute atomic E-state index is 0.0156. The second kappa shape index (κ2) is 71.9. The van der Waals surface area contributed by atoms with Gasteiger partial charge < -0.3 is 45.1 Å². The SMILES string of the molecule is CCCCCCCCCCC/C=C/CC/C=C/C(O)C(COC1OC(CO)C(O)C(O)C1O)NC(=O)CCCCCCCCCCCCCCCCCCC/C=C\C/C=C\CCCCCCCCCCCCCCCCCOC(=O)CCCCCCCCCCCCCC. The molecule has 552 valence electrons. The molecular formula is C83H155NO10. The Morgan fingerprint density at radius 2 is 0.723 bits per heavy atom. The summed E-state index contributed by atoms with van der Waals surface area (Å²) in [5, 5.41) is 54.6. The van der Waals surface area contributed by atoms with Crippen molar-refractivity contribution in [1.29, 1.82) is 0 Å². The number of carbonyl (C=O) groups excluding carboxylic acids is 2. The number of allylic oxidation sites excluding steroid dienone is 7. The second-order valence-corrected chi connectivity index (χ2v) is 28.5. The molecule has 0 aliphatic carbocycles. The Bertz CT molecular complexity index is 1700. The van der Waals surface area contributed by atoms with Crippen molar-refractivity contribution in [3.63, 3.8) is 0 Å². The van der Waals surface area contributed by atoms with Gasteiger partial charge in [-0.1, -0.05) is 364 Å². The second-order valence-electron chi connectivity index (χ2n) is 28.5. The molecule has 1 amide bonds. The van der Waals surface area contributed by atoms with Crippen molar-refractivity contribution in [2.75, 3.05) is 19.8 Å². The molecule has 6 N–H and O–H groups in total. The van der Waals surface area contributed by atoms with Gasteiger partial charge in [0.2, 0.25) is 5.91 Å². The highest BCUT2D eigenvalue weighted by Crippen LogP contribution is 2.24. The molecule has 7 atom stereocenters. The molecule has 0 aromatic rings. The highest BCUT2D eigenvalue weighted by Gasteiger charge is 2.44. The van der Waals surface area contributed by atoms with E-state index in [0.29, 0.717) is 19.4 Å². The largest absolute Gasteiger partial charge is 0.466 e. The van der Waals surface area contributed by atoms with E-state index >= 15 is 0 Å². The fourth-order valence-corrected chi connectivity index (χ4v) is 13.0. The van der Waals surface area contributed by atoms with Crippen LogP contribution in [0.3, 0.4) is 0 Å². The summed E-state index contributed by atoms with van der Waals surface area (Å²) >= 11 is 0. The maximum Gasteiger partial charge on any atom is 0.305 e. The summed E-state index contributed by atoms with van der Waals surface area (Å²) in [5.41, 5.74) is 0. The molecule has 1 rings (SSSR count). The van der Waals surface area contributed by atoms with Gasteiger partial charge in [-0.3, -0.25) is 9.59 Å². The minimum atomic E-state index is -1.58. The Hall–Kier alpha value is -2.38. The smallest absolute Gasteiger partial charge is 0.305 e. The first kappa shape index (κ1) is 89.6. The quantitative estimate of drug-likeness (QED) is 0.0195. The lowest BCUT2D eigenvalue weighted by atomic mass is 9.99.